The number of hydrogen-bond acceptors (Lipinski definition) is 7. The van der Waals surface area contributed by atoms with Gasteiger partial charge in [0.25, 0.3) is 5.91 Å². The number of hydrogen-bond donors (Lipinski definition) is 0. The van der Waals surface area contributed by atoms with Crippen molar-refractivity contribution in [3.8, 4) is 11.8 Å². The van der Waals surface area contributed by atoms with Crippen molar-refractivity contribution >= 4 is 15.7 Å². The minimum Gasteiger partial charge on any atom is -0.480 e. The monoisotopic (exact) mass is 429 g/mol. The zero-order chi connectivity index (χ0) is 20.9. The lowest BCUT2D eigenvalue weighted by Crippen LogP contribution is -2.70. The molecule has 2 fully saturated rings. The molecule has 2 aromatic rings. The summed E-state index contributed by atoms with van der Waals surface area (Å²) in [5, 5.41) is 0. The largest absolute Gasteiger partial charge is 0.480 e. The van der Waals surface area contributed by atoms with Gasteiger partial charge in [0.05, 0.1) is 12.4 Å². The summed E-state index contributed by atoms with van der Waals surface area (Å²) in [6.45, 7) is 2.44. The summed E-state index contributed by atoms with van der Waals surface area (Å²) in [7, 11) is -3.31. The molecule has 9 heteroatoms. The van der Waals surface area contributed by atoms with Crippen LogP contribution in [-0.2, 0) is 21.1 Å². The number of benzene rings is 1. The van der Waals surface area contributed by atoms with E-state index < -0.39 is 20.7 Å². The highest BCUT2D eigenvalue weighted by Gasteiger charge is 2.63. The SMILES string of the molecule is Cc1ccnc(OC[C@H]2CCS(=O)(=O)C23CN(C(=O)[C@H]2Cc4ccccc4O2)C3)n1. The van der Waals surface area contributed by atoms with Crippen LogP contribution in [0.25, 0.3) is 0 Å². The van der Waals surface area contributed by atoms with Gasteiger partial charge < -0.3 is 14.4 Å². The molecule has 0 unspecified atom stereocenters. The minimum absolute atomic E-state index is 0.114. The number of carbonyl (C=O) groups is 1. The Morgan fingerprint density at radius 1 is 1.30 bits per heavy atom. The smallest absolute Gasteiger partial charge is 0.316 e. The molecule has 0 bridgehead atoms. The van der Waals surface area contributed by atoms with Crippen LogP contribution in [0.4, 0.5) is 0 Å². The average molecular weight is 429 g/mol. The third kappa shape index (κ3) is 3.03. The second-order valence-corrected chi connectivity index (χ2v) is 10.7. The zero-order valence-corrected chi connectivity index (χ0v) is 17.5. The van der Waals surface area contributed by atoms with Crippen LogP contribution in [0.15, 0.2) is 36.5 Å². The molecule has 3 aliphatic heterocycles. The van der Waals surface area contributed by atoms with E-state index in [0.717, 1.165) is 17.0 Å². The number of likely N-dealkylation sites (tertiary alicyclic amines) is 1. The van der Waals surface area contributed by atoms with E-state index in [4.69, 9.17) is 9.47 Å². The van der Waals surface area contributed by atoms with E-state index in [0.29, 0.717) is 12.8 Å². The second kappa shape index (κ2) is 6.94. The summed E-state index contributed by atoms with van der Waals surface area (Å²) in [4.78, 5) is 22.8. The molecule has 1 aromatic carbocycles. The topological polar surface area (TPSA) is 98.7 Å². The van der Waals surface area contributed by atoms with Gasteiger partial charge in [-0.05, 0) is 31.0 Å². The molecule has 0 saturated carbocycles. The van der Waals surface area contributed by atoms with Crippen LogP contribution in [0.3, 0.4) is 0 Å². The average Bonchev–Trinajstić information content (AvgIpc) is 3.23. The Labute approximate surface area is 175 Å². The molecule has 5 rings (SSSR count). The molecule has 0 radical (unpaired) electrons. The molecule has 30 heavy (non-hydrogen) atoms. The van der Waals surface area contributed by atoms with E-state index in [9.17, 15) is 13.2 Å². The van der Waals surface area contributed by atoms with Crippen molar-refractivity contribution in [2.45, 2.75) is 30.6 Å². The predicted molar refractivity (Wildman–Crippen MR) is 108 cm³/mol. The maximum atomic E-state index is 12.9. The quantitative estimate of drug-likeness (QED) is 0.720. The normalized spacial score (nSPS) is 25.4. The van der Waals surface area contributed by atoms with Gasteiger partial charge in [-0.15, -0.1) is 0 Å². The summed E-state index contributed by atoms with van der Waals surface area (Å²) >= 11 is 0. The fourth-order valence-electron chi connectivity index (χ4n) is 4.66. The highest BCUT2D eigenvalue weighted by molar-refractivity contribution is 7.93. The first-order valence-corrected chi connectivity index (χ1v) is 11.7. The van der Waals surface area contributed by atoms with Crippen molar-refractivity contribution in [2.75, 3.05) is 25.4 Å². The second-order valence-electron chi connectivity index (χ2n) is 8.27. The first kappa shape index (κ1) is 19.3. The minimum atomic E-state index is -3.31. The number of para-hydroxylation sites is 1. The summed E-state index contributed by atoms with van der Waals surface area (Å²) in [6, 6.07) is 9.61. The van der Waals surface area contributed by atoms with Crippen LogP contribution in [0, 0.1) is 12.8 Å². The fraction of sp³-hybridized carbons (Fsp3) is 0.476. The summed E-state index contributed by atoms with van der Waals surface area (Å²) < 4.78 is 36.3. The molecule has 0 N–H and O–H groups in total. The van der Waals surface area contributed by atoms with Crippen LogP contribution in [-0.4, -0.2) is 65.5 Å². The summed E-state index contributed by atoms with van der Waals surface area (Å²) in [6.07, 6.45) is 2.06. The highest BCUT2D eigenvalue weighted by atomic mass is 32.2. The Hall–Kier alpha value is -2.68. The molecule has 8 nitrogen and oxygen atoms in total. The third-order valence-corrected chi connectivity index (χ3v) is 9.04. The van der Waals surface area contributed by atoms with Crippen molar-refractivity contribution in [3.63, 3.8) is 0 Å². The van der Waals surface area contributed by atoms with Crippen molar-refractivity contribution in [1.29, 1.82) is 0 Å². The van der Waals surface area contributed by atoms with Crippen molar-refractivity contribution in [1.82, 2.24) is 14.9 Å². The number of aryl methyl sites for hydroxylation is 1. The van der Waals surface area contributed by atoms with Crippen molar-refractivity contribution in [2.24, 2.45) is 5.92 Å². The molecule has 4 heterocycles. The van der Waals surface area contributed by atoms with E-state index in [1.54, 1.807) is 17.2 Å². The van der Waals surface area contributed by atoms with Gasteiger partial charge in [-0.25, -0.2) is 18.4 Å². The number of ether oxygens (including phenoxy) is 2. The third-order valence-electron chi connectivity index (χ3n) is 6.44. The van der Waals surface area contributed by atoms with Gasteiger partial charge in [-0.2, -0.15) is 0 Å². The Kier molecular flexibility index (Phi) is 4.46. The number of carbonyl (C=O) groups excluding carboxylic acids is 1. The molecule has 0 aliphatic carbocycles. The lowest BCUT2D eigenvalue weighted by Gasteiger charge is -2.50. The molecule has 158 valence electrons. The Morgan fingerprint density at radius 3 is 2.87 bits per heavy atom. The Bertz CT molecular complexity index is 1070. The van der Waals surface area contributed by atoms with Crippen LogP contribution in [0.5, 0.6) is 11.8 Å². The predicted octanol–water partition coefficient (Wildman–Crippen LogP) is 1.18. The Balaban J connectivity index is 1.26. The maximum absolute atomic E-state index is 12.9. The van der Waals surface area contributed by atoms with E-state index >= 15 is 0 Å². The van der Waals surface area contributed by atoms with Gasteiger partial charge >= 0.3 is 6.01 Å². The highest BCUT2D eigenvalue weighted by Crippen LogP contribution is 2.45. The molecular formula is C21H23N3O5S. The first-order valence-electron chi connectivity index (χ1n) is 10.1. The first-order chi connectivity index (χ1) is 14.4. The standard InChI is InChI=1S/C21H23N3O5S/c1-14-6-8-22-20(23-14)28-11-16-7-9-30(26,27)21(16)12-24(13-21)19(25)18-10-15-4-2-3-5-17(15)29-18/h2-6,8,16,18H,7,9-13H2,1H3/t16-,18-/m1/s1. The molecule has 1 aromatic heterocycles. The fourth-order valence-corrected chi connectivity index (χ4v) is 7.06. The van der Waals surface area contributed by atoms with E-state index in [-0.39, 0.29) is 43.3 Å². The lowest BCUT2D eigenvalue weighted by molar-refractivity contribution is -0.144. The van der Waals surface area contributed by atoms with Crippen molar-refractivity contribution in [3.05, 3.63) is 47.8 Å². The molecular weight excluding hydrogens is 406 g/mol. The number of fused-ring (bicyclic) bond motifs is 1. The zero-order valence-electron chi connectivity index (χ0n) is 16.7. The van der Waals surface area contributed by atoms with E-state index in [2.05, 4.69) is 9.97 Å². The van der Waals surface area contributed by atoms with Crippen molar-refractivity contribution < 1.29 is 22.7 Å². The van der Waals surface area contributed by atoms with Crippen LogP contribution in [0.2, 0.25) is 0 Å². The van der Waals surface area contributed by atoms with Gasteiger partial charge in [0.15, 0.2) is 15.9 Å². The van der Waals surface area contributed by atoms with Gasteiger partial charge in [-0.1, -0.05) is 18.2 Å². The summed E-state index contributed by atoms with van der Waals surface area (Å²) in [5.41, 5.74) is 1.79. The van der Waals surface area contributed by atoms with E-state index in [1.807, 2.05) is 31.2 Å². The van der Waals surface area contributed by atoms with E-state index in [1.165, 1.54) is 0 Å². The number of amides is 1. The van der Waals surface area contributed by atoms with Crippen LogP contribution >= 0.6 is 0 Å². The van der Waals surface area contributed by atoms with Gasteiger partial charge in [0, 0.05) is 37.3 Å². The van der Waals surface area contributed by atoms with Crippen LogP contribution in [0.1, 0.15) is 17.7 Å². The summed E-state index contributed by atoms with van der Waals surface area (Å²) in [5.74, 6) is 0.491. The van der Waals surface area contributed by atoms with Crippen LogP contribution < -0.4 is 9.47 Å². The molecule has 2 atom stereocenters. The molecule has 2 saturated heterocycles. The van der Waals surface area contributed by atoms with Gasteiger partial charge in [0.1, 0.15) is 10.5 Å². The molecule has 1 spiro atoms. The number of aromatic nitrogens is 2. The van der Waals surface area contributed by atoms with Gasteiger partial charge in [-0.3, -0.25) is 4.79 Å². The van der Waals surface area contributed by atoms with Gasteiger partial charge in [0.2, 0.25) is 0 Å². The Morgan fingerprint density at radius 2 is 2.10 bits per heavy atom. The molecule has 3 aliphatic rings. The lowest BCUT2D eigenvalue weighted by atomic mass is 9.83. The number of nitrogens with zero attached hydrogens (tertiary/aromatic N) is 3. The molecule has 1 amide bonds. The number of rotatable bonds is 4. The number of sulfone groups is 1. The maximum Gasteiger partial charge on any atom is 0.316 e.